The van der Waals surface area contributed by atoms with Crippen LogP contribution in [-0.4, -0.2) is 49.0 Å². The van der Waals surface area contributed by atoms with Crippen molar-refractivity contribution in [2.45, 2.75) is 37.3 Å². The van der Waals surface area contributed by atoms with Crippen LogP contribution in [-0.2, 0) is 9.53 Å². The highest BCUT2D eigenvalue weighted by Crippen LogP contribution is 2.19. The Labute approximate surface area is 95.5 Å². The van der Waals surface area contributed by atoms with Gasteiger partial charge in [0.15, 0.2) is 0 Å². The number of rotatable bonds is 3. The largest absolute Gasteiger partial charge is 0.388 e. The van der Waals surface area contributed by atoms with Gasteiger partial charge in [-0.25, -0.2) is 0 Å². The molecule has 3 N–H and O–H groups in total. The van der Waals surface area contributed by atoms with Crippen molar-refractivity contribution in [2.24, 2.45) is 0 Å². The SMILES string of the molecule is O=C(NCC1(O)CCOCC1)[C@@H]1CCCN1. The molecule has 1 amide bonds. The third kappa shape index (κ3) is 2.93. The molecule has 16 heavy (non-hydrogen) atoms. The summed E-state index contributed by atoms with van der Waals surface area (Å²) in [5.74, 6) is 0.0115. The smallest absolute Gasteiger partial charge is 0.237 e. The molecule has 0 bridgehead atoms. The Morgan fingerprint density at radius 2 is 2.25 bits per heavy atom. The molecule has 0 radical (unpaired) electrons. The molecule has 2 fully saturated rings. The van der Waals surface area contributed by atoms with Gasteiger partial charge in [-0.2, -0.15) is 0 Å². The number of ether oxygens (including phenoxy) is 1. The summed E-state index contributed by atoms with van der Waals surface area (Å²) in [4.78, 5) is 11.7. The molecule has 0 spiro atoms. The van der Waals surface area contributed by atoms with Crippen LogP contribution >= 0.6 is 0 Å². The van der Waals surface area contributed by atoms with Gasteiger partial charge in [-0.3, -0.25) is 4.79 Å². The fourth-order valence-corrected chi connectivity index (χ4v) is 2.21. The predicted molar refractivity (Wildman–Crippen MR) is 59.0 cm³/mol. The minimum absolute atomic E-state index is 0.0115. The molecule has 0 saturated carbocycles. The number of hydrogen-bond donors (Lipinski definition) is 3. The Morgan fingerprint density at radius 3 is 2.88 bits per heavy atom. The zero-order valence-corrected chi connectivity index (χ0v) is 9.50. The molecule has 0 aromatic heterocycles. The molecule has 0 aliphatic carbocycles. The summed E-state index contributed by atoms with van der Waals surface area (Å²) < 4.78 is 5.19. The molecule has 5 nitrogen and oxygen atoms in total. The van der Waals surface area contributed by atoms with Gasteiger partial charge >= 0.3 is 0 Å². The lowest BCUT2D eigenvalue weighted by Gasteiger charge is -2.32. The van der Waals surface area contributed by atoms with Crippen LogP contribution in [0.2, 0.25) is 0 Å². The van der Waals surface area contributed by atoms with E-state index in [-0.39, 0.29) is 11.9 Å². The zero-order chi connectivity index (χ0) is 11.4. The first-order valence-corrected chi connectivity index (χ1v) is 6.01. The normalized spacial score (nSPS) is 28.9. The third-order valence-corrected chi connectivity index (χ3v) is 3.39. The molecular weight excluding hydrogens is 208 g/mol. The van der Waals surface area contributed by atoms with E-state index < -0.39 is 5.60 Å². The van der Waals surface area contributed by atoms with Crippen LogP contribution in [0.5, 0.6) is 0 Å². The maximum absolute atomic E-state index is 11.7. The Hall–Kier alpha value is -0.650. The Balaban J connectivity index is 1.75. The standard InChI is InChI=1S/C11H20N2O3/c14-10(9-2-1-5-12-9)13-8-11(15)3-6-16-7-4-11/h9,12,15H,1-8H2,(H,13,14)/t9-/m0/s1. The first-order valence-electron chi connectivity index (χ1n) is 6.01. The molecule has 0 unspecified atom stereocenters. The third-order valence-electron chi connectivity index (χ3n) is 3.39. The van der Waals surface area contributed by atoms with Crippen molar-refractivity contribution < 1.29 is 14.6 Å². The van der Waals surface area contributed by atoms with Gasteiger partial charge < -0.3 is 20.5 Å². The van der Waals surface area contributed by atoms with Gasteiger partial charge in [0, 0.05) is 32.6 Å². The van der Waals surface area contributed by atoms with Gasteiger partial charge in [0.25, 0.3) is 0 Å². The number of hydrogen-bond acceptors (Lipinski definition) is 4. The molecular formula is C11H20N2O3. The fraction of sp³-hybridized carbons (Fsp3) is 0.909. The second kappa shape index (κ2) is 5.12. The number of aliphatic hydroxyl groups is 1. The lowest BCUT2D eigenvalue weighted by Crippen LogP contribution is -2.50. The summed E-state index contributed by atoms with van der Waals surface area (Å²) in [6.45, 7) is 2.41. The molecule has 2 saturated heterocycles. The van der Waals surface area contributed by atoms with Gasteiger partial charge in [-0.05, 0) is 19.4 Å². The summed E-state index contributed by atoms with van der Waals surface area (Å²) in [6.07, 6.45) is 3.15. The van der Waals surface area contributed by atoms with E-state index in [1.54, 1.807) is 0 Å². The Bertz CT molecular complexity index is 246. The highest BCUT2D eigenvalue weighted by molar-refractivity contribution is 5.82. The van der Waals surface area contributed by atoms with E-state index in [2.05, 4.69) is 10.6 Å². The second-order valence-corrected chi connectivity index (χ2v) is 4.70. The maximum atomic E-state index is 11.7. The Morgan fingerprint density at radius 1 is 1.50 bits per heavy atom. The van der Waals surface area contributed by atoms with E-state index in [4.69, 9.17) is 4.74 Å². The maximum Gasteiger partial charge on any atom is 0.237 e. The van der Waals surface area contributed by atoms with E-state index in [1.807, 2.05) is 0 Å². The van der Waals surface area contributed by atoms with Crippen molar-refractivity contribution in [3.63, 3.8) is 0 Å². The first kappa shape index (κ1) is 11.8. The minimum atomic E-state index is -0.771. The Kier molecular flexibility index (Phi) is 3.78. The summed E-state index contributed by atoms with van der Waals surface area (Å²) in [5, 5.41) is 16.1. The van der Waals surface area contributed by atoms with Crippen molar-refractivity contribution in [1.82, 2.24) is 10.6 Å². The van der Waals surface area contributed by atoms with Crippen molar-refractivity contribution in [3.05, 3.63) is 0 Å². The average molecular weight is 228 g/mol. The van der Waals surface area contributed by atoms with Gasteiger partial charge in [0.05, 0.1) is 11.6 Å². The van der Waals surface area contributed by atoms with Gasteiger partial charge in [0.2, 0.25) is 5.91 Å². The van der Waals surface area contributed by atoms with Gasteiger partial charge in [0.1, 0.15) is 0 Å². The summed E-state index contributed by atoms with van der Waals surface area (Å²) in [6, 6.07) is -0.0663. The monoisotopic (exact) mass is 228 g/mol. The molecule has 2 rings (SSSR count). The fourth-order valence-electron chi connectivity index (χ4n) is 2.21. The molecule has 92 valence electrons. The average Bonchev–Trinajstić information content (AvgIpc) is 2.80. The summed E-state index contributed by atoms with van der Waals surface area (Å²) in [5.41, 5.74) is -0.771. The van der Waals surface area contributed by atoms with Crippen LogP contribution in [0.4, 0.5) is 0 Å². The number of amides is 1. The van der Waals surface area contributed by atoms with Crippen LogP contribution in [0.15, 0.2) is 0 Å². The van der Waals surface area contributed by atoms with Crippen LogP contribution in [0, 0.1) is 0 Å². The molecule has 0 aromatic rings. The molecule has 2 aliphatic heterocycles. The van der Waals surface area contributed by atoms with Gasteiger partial charge in [-0.15, -0.1) is 0 Å². The lowest BCUT2D eigenvalue weighted by atomic mass is 9.94. The van der Waals surface area contributed by atoms with E-state index in [1.165, 1.54) is 0 Å². The van der Waals surface area contributed by atoms with Gasteiger partial charge in [-0.1, -0.05) is 0 Å². The van der Waals surface area contributed by atoms with Crippen molar-refractivity contribution in [2.75, 3.05) is 26.3 Å². The van der Waals surface area contributed by atoms with Crippen molar-refractivity contribution in [3.8, 4) is 0 Å². The molecule has 2 aliphatic rings. The predicted octanol–water partition coefficient (Wildman–Crippen LogP) is -0.604. The molecule has 1 atom stereocenters. The number of carbonyl (C=O) groups excluding carboxylic acids is 1. The van der Waals surface area contributed by atoms with E-state index in [0.29, 0.717) is 32.6 Å². The van der Waals surface area contributed by atoms with Crippen LogP contribution in [0.3, 0.4) is 0 Å². The number of nitrogens with one attached hydrogen (secondary N) is 2. The summed E-state index contributed by atoms with van der Waals surface area (Å²) in [7, 11) is 0. The second-order valence-electron chi connectivity index (χ2n) is 4.70. The van der Waals surface area contributed by atoms with E-state index in [0.717, 1.165) is 19.4 Å². The zero-order valence-electron chi connectivity index (χ0n) is 9.50. The van der Waals surface area contributed by atoms with E-state index >= 15 is 0 Å². The van der Waals surface area contributed by atoms with Crippen LogP contribution in [0.25, 0.3) is 0 Å². The highest BCUT2D eigenvalue weighted by Gasteiger charge is 2.31. The highest BCUT2D eigenvalue weighted by atomic mass is 16.5. The number of carbonyl (C=O) groups is 1. The van der Waals surface area contributed by atoms with Crippen molar-refractivity contribution in [1.29, 1.82) is 0 Å². The molecule has 5 heteroatoms. The first-order chi connectivity index (χ1) is 7.70. The van der Waals surface area contributed by atoms with Crippen molar-refractivity contribution >= 4 is 5.91 Å². The minimum Gasteiger partial charge on any atom is -0.388 e. The summed E-state index contributed by atoms with van der Waals surface area (Å²) >= 11 is 0. The van der Waals surface area contributed by atoms with Crippen LogP contribution < -0.4 is 10.6 Å². The van der Waals surface area contributed by atoms with E-state index in [9.17, 15) is 9.90 Å². The van der Waals surface area contributed by atoms with Crippen LogP contribution in [0.1, 0.15) is 25.7 Å². The lowest BCUT2D eigenvalue weighted by molar-refractivity contribution is -0.125. The molecule has 0 aromatic carbocycles. The topological polar surface area (TPSA) is 70.6 Å². The quantitative estimate of drug-likeness (QED) is 0.603. The molecule has 2 heterocycles.